The van der Waals surface area contributed by atoms with E-state index in [1.807, 2.05) is 0 Å². The van der Waals surface area contributed by atoms with E-state index in [-0.39, 0.29) is 12.4 Å². The van der Waals surface area contributed by atoms with Gasteiger partial charge < -0.3 is 20.1 Å². The molecule has 6 nitrogen and oxygen atoms in total. The summed E-state index contributed by atoms with van der Waals surface area (Å²) in [7, 11) is 0. The fourth-order valence-corrected chi connectivity index (χ4v) is 1.98. The average Bonchev–Trinajstić information content (AvgIpc) is 2.84. The molecule has 0 saturated heterocycles. The molecule has 1 aliphatic rings. The maximum absolute atomic E-state index is 9.16. The Morgan fingerprint density at radius 3 is 2.68 bits per heavy atom. The van der Waals surface area contributed by atoms with Crippen LogP contribution in [0.1, 0.15) is 31.0 Å². The van der Waals surface area contributed by atoms with Crippen molar-refractivity contribution in [1.29, 1.82) is 0 Å². The Bertz CT molecular complexity index is 561. The molecule has 2 aromatic rings. The van der Waals surface area contributed by atoms with Crippen molar-refractivity contribution in [3.8, 4) is 11.5 Å². The number of benzene rings is 1. The van der Waals surface area contributed by atoms with Crippen LogP contribution in [0, 0.1) is 0 Å². The number of aromatic nitrogens is 2. The zero-order valence-corrected chi connectivity index (χ0v) is 10.4. The van der Waals surface area contributed by atoms with Gasteiger partial charge in [0.2, 0.25) is 0 Å². The molecule has 0 atom stereocenters. The molecule has 3 rings (SSSR count). The van der Waals surface area contributed by atoms with Gasteiger partial charge >= 0.3 is 0 Å². The third kappa shape index (κ3) is 2.39. The van der Waals surface area contributed by atoms with Crippen LogP contribution in [0.15, 0.2) is 28.8 Å². The van der Waals surface area contributed by atoms with Gasteiger partial charge in [-0.1, -0.05) is 5.16 Å². The van der Waals surface area contributed by atoms with E-state index in [0.29, 0.717) is 17.5 Å². The standard InChI is InChI=1S/C13H15N3O3/c14-13(6-1-7-13)12-15-11(19-16-12)8-18-10-4-2-9(17)3-5-10/h2-5,17H,1,6-8,14H2. The van der Waals surface area contributed by atoms with Crippen molar-refractivity contribution in [1.82, 2.24) is 10.1 Å². The van der Waals surface area contributed by atoms with E-state index in [1.54, 1.807) is 24.3 Å². The first-order valence-corrected chi connectivity index (χ1v) is 6.19. The van der Waals surface area contributed by atoms with Gasteiger partial charge in [-0.3, -0.25) is 0 Å². The van der Waals surface area contributed by atoms with Crippen molar-refractivity contribution < 1.29 is 14.4 Å². The van der Waals surface area contributed by atoms with E-state index in [1.165, 1.54) is 0 Å². The highest BCUT2D eigenvalue weighted by molar-refractivity contribution is 5.30. The summed E-state index contributed by atoms with van der Waals surface area (Å²) in [6.07, 6.45) is 2.89. The molecule has 1 aromatic heterocycles. The third-order valence-corrected chi connectivity index (χ3v) is 3.36. The molecule has 6 heteroatoms. The summed E-state index contributed by atoms with van der Waals surface area (Å²) in [5.74, 6) is 1.79. The molecule has 0 radical (unpaired) electrons. The van der Waals surface area contributed by atoms with E-state index >= 15 is 0 Å². The highest BCUT2D eigenvalue weighted by Crippen LogP contribution is 2.36. The van der Waals surface area contributed by atoms with Crippen molar-refractivity contribution in [3.05, 3.63) is 36.0 Å². The molecule has 1 fully saturated rings. The first kappa shape index (κ1) is 12.0. The Balaban J connectivity index is 1.63. The van der Waals surface area contributed by atoms with E-state index in [2.05, 4.69) is 10.1 Å². The molecule has 1 aromatic carbocycles. The van der Waals surface area contributed by atoms with E-state index in [0.717, 1.165) is 19.3 Å². The summed E-state index contributed by atoms with van der Waals surface area (Å²) < 4.78 is 10.6. The molecule has 0 amide bonds. The molecule has 1 heterocycles. The summed E-state index contributed by atoms with van der Waals surface area (Å²) in [5, 5.41) is 13.1. The number of phenols is 1. The largest absolute Gasteiger partial charge is 0.508 e. The average molecular weight is 261 g/mol. The van der Waals surface area contributed by atoms with E-state index in [9.17, 15) is 0 Å². The van der Waals surface area contributed by atoms with Gasteiger partial charge in [-0.05, 0) is 43.5 Å². The molecular formula is C13H15N3O3. The van der Waals surface area contributed by atoms with Gasteiger partial charge in [0, 0.05) is 0 Å². The van der Waals surface area contributed by atoms with Gasteiger partial charge in [0.25, 0.3) is 5.89 Å². The van der Waals surface area contributed by atoms with Gasteiger partial charge in [-0.15, -0.1) is 0 Å². The zero-order chi connectivity index (χ0) is 13.3. The molecule has 0 aliphatic heterocycles. The number of hydrogen-bond donors (Lipinski definition) is 2. The second-order valence-corrected chi connectivity index (χ2v) is 4.80. The molecule has 1 saturated carbocycles. The van der Waals surface area contributed by atoms with Gasteiger partial charge in [-0.25, -0.2) is 0 Å². The molecule has 1 aliphatic carbocycles. The van der Waals surface area contributed by atoms with Gasteiger partial charge in [-0.2, -0.15) is 4.98 Å². The number of hydrogen-bond acceptors (Lipinski definition) is 6. The summed E-state index contributed by atoms with van der Waals surface area (Å²) in [6.45, 7) is 0.188. The maximum atomic E-state index is 9.16. The smallest absolute Gasteiger partial charge is 0.264 e. The maximum Gasteiger partial charge on any atom is 0.264 e. The van der Waals surface area contributed by atoms with Crippen LogP contribution in [0.3, 0.4) is 0 Å². The highest BCUT2D eigenvalue weighted by atomic mass is 16.5. The molecule has 0 spiro atoms. The Morgan fingerprint density at radius 1 is 1.32 bits per heavy atom. The summed E-state index contributed by atoms with van der Waals surface area (Å²) in [4.78, 5) is 4.26. The minimum atomic E-state index is -0.416. The van der Waals surface area contributed by atoms with Crippen LogP contribution in [0.2, 0.25) is 0 Å². The Hall–Kier alpha value is -2.08. The Morgan fingerprint density at radius 2 is 2.05 bits per heavy atom. The number of rotatable bonds is 4. The Labute approximate surface area is 110 Å². The quantitative estimate of drug-likeness (QED) is 0.869. The Kier molecular flexibility index (Phi) is 2.87. The number of nitrogens with zero attached hydrogens (tertiary/aromatic N) is 2. The lowest BCUT2D eigenvalue weighted by molar-refractivity contribution is 0.223. The lowest BCUT2D eigenvalue weighted by atomic mass is 9.77. The van der Waals surface area contributed by atoms with Crippen LogP contribution < -0.4 is 10.5 Å². The van der Waals surface area contributed by atoms with Crippen LogP contribution >= 0.6 is 0 Å². The van der Waals surface area contributed by atoms with Crippen LogP contribution in [0.25, 0.3) is 0 Å². The topological polar surface area (TPSA) is 94.4 Å². The molecule has 3 N–H and O–H groups in total. The predicted octanol–water partition coefficient (Wildman–Crippen LogP) is 1.69. The number of ether oxygens (including phenoxy) is 1. The molecule has 0 unspecified atom stereocenters. The second kappa shape index (κ2) is 4.55. The summed E-state index contributed by atoms with van der Waals surface area (Å²) >= 11 is 0. The fourth-order valence-electron chi connectivity index (χ4n) is 1.98. The minimum Gasteiger partial charge on any atom is -0.508 e. The lowest BCUT2D eigenvalue weighted by Gasteiger charge is -2.34. The van der Waals surface area contributed by atoms with Crippen molar-refractivity contribution in [2.75, 3.05) is 0 Å². The molecule has 0 bridgehead atoms. The first-order chi connectivity index (χ1) is 9.16. The normalized spacial score (nSPS) is 16.9. The second-order valence-electron chi connectivity index (χ2n) is 4.80. The van der Waals surface area contributed by atoms with Crippen LogP contribution in [-0.4, -0.2) is 15.2 Å². The van der Waals surface area contributed by atoms with Gasteiger partial charge in [0.1, 0.15) is 11.5 Å². The predicted molar refractivity (Wildman–Crippen MR) is 66.5 cm³/mol. The summed E-state index contributed by atoms with van der Waals surface area (Å²) in [5.41, 5.74) is 5.69. The third-order valence-electron chi connectivity index (χ3n) is 3.36. The van der Waals surface area contributed by atoms with Crippen molar-refractivity contribution in [2.45, 2.75) is 31.4 Å². The molecule has 19 heavy (non-hydrogen) atoms. The number of phenolic OH excluding ortho intramolecular Hbond substituents is 1. The molecule has 100 valence electrons. The number of nitrogens with two attached hydrogens (primary N) is 1. The van der Waals surface area contributed by atoms with Crippen LogP contribution in [0.5, 0.6) is 11.5 Å². The lowest BCUT2D eigenvalue weighted by Crippen LogP contribution is -2.44. The van der Waals surface area contributed by atoms with Crippen LogP contribution in [0.4, 0.5) is 0 Å². The van der Waals surface area contributed by atoms with Crippen molar-refractivity contribution in [2.24, 2.45) is 5.73 Å². The van der Waals surface area contributed by atoms with E-state index in [4.69, 9.17) is 20.1 Å². The first-order valence-electron chi connectivity index (χ1n) is 6.19. The van der Waals surface area contributed by atoms with Crippen molar-refractivity contribution in [3.63, 3.8) is 0 Å². The summed E-state index contributed by atoms with van der Waals surface area (Å²) in [6, 6.07) is 6.45. The monoisotopic (exact) mass is 261 g/mol. The minimum absolute atomic E-state index is 0.188. The molecular weight excluding hydrogens is 246 g/mol. The number of aromatic hydroxyl groups is 1. The highest BCUT2D eigenvalue weighted by Gasteiger charge is 2.38. The zero-order valence-electron chi connectivity index (χ0n) is 10.4. The van der Waals surface area contributed by atoms with Crippen LogP contribution in [-0.2, 0) is 12.1 Å². The van der Waals surface area contributed by atoms with Gasteiger partial charge in [0.05, 0.1) is 5.54 Å². The fraction of sp³-hybridized carbons (Fsp3) is 0.385. The van der Waals surface area contributed by atoms with Crippen molar-refractivity contribution >= 4 is 0 Å². The van der Waals surface area contributed by atoms with E-state index < -0.39 is 5.54 Å². The SMILES string of the molecule is NC1(c2noc(COc3ccc(O)cc3)n2)CCC1. The van der Waals surface area contributed by atoms with Gasteiger partial charge in [0.15, 0.2) is 12.4 Å².